The van der Waals surface area contributed by atoms with Crippen molar-refractivity contribution in [2.45, 2.75) is 6.61 Å². The van der Waals surface area contributed by atoms with E-state index in [0.717, 1.165) is 5.56 Å². The Hall–Kier alpha value is -3.40. The van der Waals surface area contributed by atoms with Gasteiger partial charge < -0.3 is 15.2 Å². The number of rotatable bonds is 4. The molecular weight excluding hydrogens is 332 g/mol. The van der Waals surface area contributed by atoms with Crippen molar-refractivity contribution in [2.24, 2.45) is 0 Å². The van der Waals surface area contributed by atoms with Crippen LogP contribution >= 0.6 is 0 Å². The van der Waals surface area contributed by atoms with Gasteiger partial charge in [-0.15, -0.1) is 0 Å². The van der Waals surface area contributed by atoms with Gasteiger partial charge in [-0.25, -0.2) is 18.4 Å². The number of hydrogen-bond donors (Lipinski definition) is 2. The van der Waals surface area contributed by atoms with Crippen LogP contribution < -0.4 is 5.32 Å². The van der Waals surface area contributed by atoms with Gasteiger partial charge in [0, 0.05) is 0 Å². The highest BCUT2D eigenvalue weighted by Gasteiger charge is 2.14. The predicted molar refractivity (Wildman–Crippen MR) is 84.8 cm³/mol. The Bertz CT molecular complexity index is 841. The second-order valence-corrected chi connectivity index (χ2v) is 4.83. The van der Waals surface area contributed by atoms with Crippen molar-refractivity contribution in [1.29, 1.82) is 0 Å². The molecule has 2 aromatic rings. The third-order valence-electron chi connectivity index (χ3n) is 3.04. The first kappa shape index (κ1) is 17.9. The summed E-state index contributed by atoms with van der Waals surface area (Å²) < 4.78 is 32.1. The second-order valence-electron chi connectivity index (χ2n) is 4.83. The standard InChI is InChI=1S/C18H13F2NO4/c19-15-10-14(17(22)23)16(20)9-13(15)7-4-8-21-18(24)25-11-12-5-2-1-3-6-12/h1-3,5-6,9-10H,8,11H2,(H,21,24)(H,22,23). The molecule has 0 spiro atoms. The summed E-state index contributed by atoms with van der Waals surface area (Å²) in [5.41, 5.74) is -0.257. The molecule has 128 valence electrons. The molecule has 2 rings (SSSR count). The molecule has 0 heterocycles. The minimum Gasteiger partial charge on any atom is -0.478 e. The third kappa shape index (κ3) is 5.32. The molecule has 1 amide bonds. The molecule has 7 heteroatoms. The minimum absolute atomic E-state index is 0.0938. The molecule has 0 bridgehead atoms. The molecule has 2 N–H and O–H groups in total. The average Bonchev–Trinajstić information content (AvgIpc) is 2.60. The van der Waals surface area contributed by atoms with E-state index in [1.54, 1.807) is 12.1 Å². The lowest BCUT2D eigenvalue weighted by molar-refractivity contribution is 0.0691. The van der Waals surface area contributed by atoms with Gasteiger partial charge in [-0.05, 0) is 17.7 Å². The van der Waals surface area contributed by atoms with Crippen LogP contribution in [0, 0.1) is 23.5 Å². The van der Waals surface area contributed by atoms with Crippen molar-refractivity contribution < 1.29 is 28.2 Å². The van der Waals surface area contributed by atoms with Gasteiger partial charge in [0.2, 0.25) is 0 Å². The van der Waals surface area contributed by atoms with Gasteiger partial charge in [-0.3, -0.25) is 0 Å². The number of aromatic carboxylic acids is 1. The van der Waals surface area contributed by atoms with E-state index in [-0.39, 0.29) is 18.7 Å². The minimum atomic E-state index is -1.57. The van der Waals surface area contributed by atoms with E-state index in [1.165, 1.54) is 0 Å². The zero-order chi connectivity index (χ0) is 18.2. The number of carbonyl (C=O) groups is 2. The van der Waals surface area contributed by atoms with Crippen LogP contribution in [0.25, 0.3) is 0 Å². The fourth-order valence-corrected chi connectivity index (χ4v) is 1.84. The molecule has 2 aromatic carbocycles. The van der Waals surface area contributed by atoms with Gasteiger partial charge in [0.15, 0.2) is 0 Å². The number of carbonyl (C=O) groups excluding carboxylic acids is 1. The van der Waals surface area contributed by atoms with E-state index in [4.69, 9.17) is 9.84 Å². The summed E-state index contributed by atoms with van der Waals surface area (Å²) in [5, 5.41) is 11.0. The molecule has 0 unspecified atom stereocenters. The van der Waals surface area contributed by atoms with E-state index in [9.17, 15) is 18.4 Å². The third-order valence-corrected chi connectivity index (χ3v) is 3.04. The van der Waals surface area contributed by atoms with Gasteiger partial charge in [-0.1, -0.05) is 42.2 Å². The van der Waals surface area contributed by atoms with E-state index in [1.807, 2.05) is 18.2 Å². The summed E-state index contributed by atoms with van der Waals surface area (Å²) in [7, 11) is 0. The summed E-state index contributed by atoms with van der Waals surface area (Å²) in [6.07, 6.45) is -0.703. The van der Waals surface area contributed by atoms with Crippen LogP contribution in [0.15, 0.2) is 42.5 Å². The molecule has 0 radical (unpaired) electrons. The number of alkyl carbamates (subject to hydrolysis) is 1. The van der Waals surface area contributed by atoms with Crippen molar-refractivity contribution >= 4 is 12.1 Å². The van der Waals surface area contributed by atoms with Crippen molar-refractivity contribution in [3.63, 3.8) is 0 Å². The molecule has 0 aromatic heterocycles. The van der Waals surface area contributed by atoms with Crippen LogP contribution in [0.4, 0.5) is 13.6 Å². The van der Waals surface area contributed by atoms with Crippen molar-refractivity contribution in [3.05, 3.63) is 70.8 Å². The fourth-order valence-electron chi connectivity index (χ4n) is 1.84. The molecule has 0 fully saturated rings. The number of halogens is 2. The maximum atomic E-state index is 13.6. The lowest BCUT2D eigenvalue weighted by Gasteiger charge is -2.04. The largest absolute Gasteiger partial charge is 0.478 e. The Morgan fingerprint density at radius 3 is 2.52 bits per heavy atom. The number of benzene rings is 2. The monoisotopic (exact) mass is 345 g/mol. The molecule has 5 nitrogen and oxygen atoms in total. The normalized spacial score (nSPS) is 9.68. The van der Waals surface area contributed by atoms with Crippen molar-refractivity contribution in [3.8, 4) is 11.8 Å². The average molecular weight is 345 g/mol. The quantitative estimate of drug-likeness (QED) is 0.836. The van der Waals surface area contributed by atoms with Crippen LogP contribution in [-0.4, -0.2) is 23.7 Å². The Morgan fingerprint density at radius 2 is 1.84 bits per heavy atom. The molecule has 0 aliphatic heterocycles. The number of hydrogen-bond acceptors (Lipinski definition) is 3. The maximum absolute atomic E-state index is 13.6. The van der Waals surface area contributed by atoms with Crippen LogP contribution in [0.2, 0.25) is 0 Å². The smallest absolute Gasteiger partial charge is 0.408 e. The molecule has 0 saturated heterocycles. The van der Waals surface area contributed by atoms with Gasteiger partial charge in [0.25, 0.3) is 0 Å². The van der Waals surface area contributed by atoms with Crippen LogP contribution in [0.5, 0.6) is 0 Å². The van der Waals surface area contributed by atoms with Crippen LogP contribution in [0.1, 0.15) is 21.5 Å². The van der Waals surface area contributed by atoms with Crippen LogP contribution in [-0.2, 0) is 11.3 Å². The predicted octanol–water partition coefficient (Wildman–Crippen LogP) is 2.94. The number of amides is 1. The molecule has 0 aliphatic carbocycles. The van der Waals surface area contributed by atoms with Gasteiger partial charge in [0.1, 0.15) is 18.2 Å². The highest BCUT2D eigenvalue weighted by atomic mass is 19.1. The summed E-state index contributed by atoms with van der Waals surface area (Å²) >= 11 is 0. The van der Waals surface area contributed by atoms with Crippen molar-refractivity contribution in [1.82, 2.24) is 5.32 Å². The number of carboxylic acid groups (broad SMARTS) is 1. The van der Waals surface area contributed by atoms with E-state index < -0.39 is 29.3 Å². The lowest BCUT2D eigenvalue weighted by atomic mass is 10.1. The topological polar surface area (TPSA) is 75.6 Å². The first-order valence-electron chi connectivity index (χ1n) is 7.13. The van der Waals surface area contributed by atoms with Gasteiger partial charge in [0.05, 0.1) is 17.7 Å². The number of nitrogens with one attached hydrogen (secondary N) is 1. The summed E-state index contributed by atoms with van der Waals surface area (Å²) in [6.45, 7) is -0.0496. The van der Waals surface area contributed by atoms with E-state index >= 15 is 0 Å². The Balaban J connectivity index is 1.87. The zero-order valence-electron chi connectivity index (χ0n) is 12.9. The first-order chi connectivity index (χ1) is 12.0. The molecule has 0 atom stereocenters. The molecule has 0 saturated carbocycles. The Labute approximate surface area is 142 Å². The molecular formula is C18H13F2NO4. The van der Waals surface area contributed by atoms with E-state index in [2.05, 4.69) is 17.2 Å². The number of carboxylic acids is 1. The molecule has 0 aliphatic rings. The van der Waals surface area contributed by atoms with E-state index in [0.29, 0.717) is 12.1 Å². The lowest BCUT2D eigenvalue weighted by Crippen LogP contribution is -2.24. The highest BCUT2D eigenvalue weighted by Crippen LogP contribution is 2.14. The SMILES string of the molecule is O=C(NCC#Cc1cc(F)c(C(=O)O)cc1F)OCc1ccccc1. The summed E-state index contributed by atoms with van der Waals surface area (Å²) in [5.74, 6) is 1.13. The fraction of sp³-hybridized carbons (Fsp3) is 0.111. The molecule has 25 heavy (non-hydrogen) atoms. The van der Waals surface area contributed by atoms with Crippen molar-refractivity contribution in [2.75, 3.05) is 6.54 Å². The van der Waals surface area contributed by atoms with Gasteiger partial charge in [-0.2, -0.15) is 0 Å². The summed E-state index contributed by atoms with van der Waals surface area (Å²) in [6, 6.07) is 10.3. The van der Waals surface area contributed by atoms with Crippen LogP contribution in [0.3, 0.4) is 0 Å². The first-order valence-corrected chi connectivity index (χ1v) is 7.13. The van der Waals surface area contributed by atoms with Gasteiger partial charge >= 0.3 is 12.1 Å². The zero-order valence-corrected chi connectivity index (χ0v) is 12.9. The number of ether oxygens (including phenoxy) is 1. The highest BCUT2D eigenvalue weighted by molar-refractivity contribution is 5.88. The maximum Gasteiger partial charge on any atom is 0.408 e. The Morgan fingerprint density at radius 1 is 1.12 bits per heavy atom. The Kier molecular flexibility index (Phi) is 6.07. The summed E-state index contributed by atoms with van der Waals surface area (Å²) in [4.78, 5) is 22.1. The second kappa shape index (κ2) is 8.45.